The first-order valence-electron chi connectivity index (χ1n) is 18.8. The second-order valence-corrected chi connectivity index (χ2v) is 16.4. The molecule has 2 aromatic heterocycles. The predicted molar refractivity (Wildman–Crippen MR) is 214 cm³/mol. The minimum atomic E-state index is -0.508. The molecule has 1 saturated heterocycles. The van der Waals surface area contributed by atoms with E-state index in [0.717, 1.165) is 76.0 Å². The van der Waals surface area contributed by atoms with Gasteiger partial charge in [0.25, 0.3) is 5.91 Å². The number of hydrogen-bond acceptors (Lipinski definition) is 9. The van der Waals surface area contributed by atoms with Crippen LogP contribution in [0.3, 0.4) is 0 Å². The van der Waals surface area contributed by atoms with Crippen LogP contribution in [0.2, 0.25) is 5.02 Å². The lowest BCUT2D eigenvalue weighted by atomic mass is 9.99. The SMILES string of the molecule is CCCc1cc(C(=O)N2Cc3ccc(CN4CCN(C(=O)C[C@@H]5N=C(c6ccc(Cl)cc6)c6c(sc(C)c6C)-n6c(C)nnc65)CC4)cc3C2)c(O)cc1O. The molecule has 3 aliphatic heterocycles. The van der Waals surface area contributed by atoms with Gasteiger partial charge in [0, 0.05) is 72.9 Å². The van der Waals surface area contributed by atoms with Crippen molar-refractivity contribution >= 4 is 40.5 Å². The predicted octanol–water partition coefficient (Wildman–Crippen LogP) is 7.05. The molecule has 0 aliphatic carbocycles. The summed E-state index contributed by atoms with van der Waals surface area (Å²) in [6.07, 6.45) is 1.63. The topological polar surface area (TPSA) is 127 Å². The van der Waals surface area contributed by atoms with Gasteiger partial charge in [-0.2, -0.15) is 0 Å². The Kier molecular flexibility index (Phi) is 9.99. The average Bonchev–Trinajstić information content (AvgIpc) is 3.83. The fourth-order valence-corrected chi connectivity index (χ4v) is 9.30. The van der Waals surface area contributed by atoms with Crippen LogP contribution < -0.4 is 0 Å². The van der Waals surface area contributed by atoms with Crippen LogP contribution in [-0.2, 0) is 30.8 Å². The zero-order chi connectivity index (χ0) is 38.5. The van der Waals surface area contributed by atoms with Gasteiger partial charge in [-0.3, -0.25) is 24.0 Å². The van der Waals surface area contributed by atoms with E-state index in [1.54, 1.807) is 22.3 Å². The van der Waals surface area contributed by atoms with Crippen molar-refractivity contribution in [3.05, 3.63) is 121 Å². The number of benzene rings is 3. The number of carbonyl (C=O) groups is 2. The number of aromatic hydroxyl groups is 2. The standard InChI is InChI=1S/C42H44ClN7O4S/c1-5-6-29-18-33(36(52)20-35(29)51)41(54)49-22-30-8-7-27(17-31(30)23-49)21-47-13-15-48(16-14-47)37(53)19-34-40-46-45-26(4)50(40)42-38(24(2)25(3)55-42)39(44-34)28-9-11-32(43)12-10-28/h7-12,17-18,20,34,51-52H,5-6,13-16,19,21-23H2,1-4H3/t34-/m0/s1. The average molecular weight is 778 g/mol. The third-order valence-electron chi connectivity index (χ3n) is 11.1. The van der Waals surface area contributed by atoms with E-state index in [1.165, 1.54) is 10.9 Å². The van der Waals surface area contributed by atoms with Crippen molar-refractivity contribution in [3.8, 4) is 16.5 Å². The van der Waals surface area contributed by atoms with E-state index in [4.69, 9.17) is 16.6 Å². The van der Waals surface area contributed by atoms with Gasteiger partial charge in [0.1, 0.15) is 28.4 Å². The summed E-state index contributed by atoms with van der Waals surface area (Å²) in [4.78, 5) is 40.0. The number of halogens is 1. The number of carbonyl (C=O) groups excluding carboxylic acids is 2. The number of aryl methyl sites for hydroxylation is 3. The van der Waals surface area contributed by atoms with Gasteiger partial charge in [0.05, 0.1) is 17.7 Å². The Bertz CT molecular complexity index is 2340. The lowest BCUT2D eigenvalue weighted by Gasteiger charge is -2.35. The van der Waals surface area contributed by atoms with E-state index in [-0.39, 0.29) is 35.3 Å². The molecule has 284 valence electrons. The molecule has 0 spiro atoms. The first kappa shape index (κ1) is 36.9. The molecule has 1 fully saturated rings. The first-order valence-corrected chi connectivity index (χ1v) is 20.0. The maximum atomic E-state index is 14.0. The Balaban J connectivity index is 0.932. The fourth-order valence-electron chi connectivity index (χ4n) is 7.96. The summed E-state index contributed by atoms with van der Waals surface area (Å²) in [6, 6.07) is 16.5. The molecule has 2 amide bonds. The molecular formula is C42H44ClN7O4S. The van der Waals surface area contributed by atoms with Crippen molar-refractivity contribution in [1.82, 2.24) is 29.5 Å². The summed E-state index contributed by atoms with van der Waals surface area (Å²) >= 11 is 7.96. The third kappa shape index (κ3) is 7.03. The Morgan fingerprint density at radius 3 is 2.38 bits per heavy atom. The van der Waals surface area contributed by atoms with Gasteiger partial charge in [-0.25, -0.2) is 0 Å². The molecule has 8 rings (SSSR count). The largest absolute Gasteiger partial charge is 0.508 e. The Labute approximate surface area is 329 Å². The molecule has 3 aliphatic rings. The zero-order valence-corrected chi connectivity index (χ0v) is 33.0. The minimum Gasteiger partial charge on any atom is -0.508 e. The van der Waals surface area contributed by atoms with Gasteiger partial charge in [-0.15, -0.1) is 21.5 Å². The van der Waals surface area contributed by atoms with Gasteiger partial charge in [0.15, 0.2) is 5.82 Å². The van der Waals surface area contributed by atoms with Crippen LogP contribution in [0, 0.1) is 20.8 Å². The summed E-state index contributed by atoms with van der Waals surface area (Å²) in [6.45, 7) is 12.5. The number of thiophene rings is 1. The Hall–Kier alpha value is -5.04. The molecule has 11 nitrogen and oxygen atoms in total. The van der Waals surface area contributed by atoms with Gasteiger partial charge in [-0.05, 0) is 73.2 Å². The van der Waals surface area contributed by atoms with E-state index in [2.05, 4.69) is 51.7 Å². The number of aliphatic imine (C=N–C) groups is 1. The van der Waals surface area contributed by atoms with Gasteiger partial charge in [-0.1, -0.05) is 55.3 Å². The van der Waals surface area contributed by atoms with Crippen LogP contribution in [0.1, 0.15) is 91.6 Å². The number of phenolic OH excluding ortho intramolecular Hbond substituents is 2. The molecule has 5 heterocycles. The number of piperazine rings is 1. The van der Waals surface area contributed by atoms with Crippen LogP contribution in [0.5, 0.6) is 11.5 Å². The van der Waals surface area contributed by atoms with Crippen molar-refractivity contribution in [2.75, 3.05) is 26.2 Å². The van der Waals surface area contributed by atoms with Gasteiger partial charge in [0.2, 0.25) is 5.91 Å². The first-order chi connectivity index (χ1) is 26.5. The Morgan fingerprint density at radius 1 is 0.891 bits per heavy atom. The van der Waals surface area contributed by atoms with Gasteiger partial charge < -0.3 is 20.0 Å². The molecule has 55 heavy (non-hydrogen) atoms. The minimum absolute atomic E-state index is 0.0103. The van der Waals surface area contributed by atoms with Crippen molar-refractivity contribution in [2.24, 2.45) is 4.99 Å². The molecular weight excluding hydrogens is 734 g/mol. The molecule has 13 heteroatoms. The highest BCUT2D eigenvalue weighted by Gasteiger charge is 2.34. The highest BCUT2D eigenvalue weighted by atomic mass is 35.5. The lowest BCUT2D eigenvalue weighted by Crippen LogP contribution is -2.48. The van der Waals surface area contributed by atoms with Crippen LogP contribution in [-0.4, -0.2) is 83.4 Å². The number of hydrogen-bond donors (Lipinski definition) is 2. The number of phenols is 2. The van der Waals surface area contributed by atoms with Crippen molar-refractivity contribution in [2.45, 2.75) is 72.6 Å². The number of amides is 2. The summed E-state index contributed by atoms with van der Waals surface area (Å²) < 4.78 is 2.08. The molecule has 0 radical (unpaired) electrons. The smallest absolute Gasteiger partial charge is 0.258 e. The zero-order valence-electron chi connectivity index (χ0n) is 31.5. The quantitative estimate of drug-likeness (QED) is 0.173. The summed E-state index contributed by atoms with van der Waals surface area (Å²) in [5.41, 5.74) is 8.19. The van der Waals surface area contributed by atoms with E-state index >= 15 is 0 Å². The number of fused-ring (bicyclic) bond motifs is 4. The maximum Gasteiger partial charge on any atom is 0.258 e. The normalized spacial score (nSPS) is 16.7. The highest BCUT2D eigenvalue weighted by molar-refractivity contribution is 7.15. The molecule has 1 atom stereocenters. The highest BCUT2D eigenvalue weighted by Crippen LogP contribution is 2.40. The molecule has 5 aromatic rings. The number of nitrogens with zero attached hydrogens (tertiary/aromatic N) is 7. The van der Waals surface area contributed by atoms with E-state index in [0.29, 0.717) is 49.0 Å². The number of rotatable bonds is 8. The monoisotopic (exact) mass is 777 g/mol. The molecule has 0 unspecified atom stereocenters. The lowest BCUT2D eigenvalue weighted by molar-refractivity contribution is -0.133. The molecule has 2 N–H and O–H groups in total. The second kappa shape index (κ2) is 14.9. The summed E-state index contributed by atoms with van der Waals surface area (Å²) in [7, 11) is 0. The van der Waals surface area contributed by atoms with Crippen LogP contribution in [0.25, 0.3) is 5.00 Å². The third-order valence-corrected chi connectivity index (χ3v) is 12.5. The second-order valence-electron chi connectivity index (χ2n) is 14.8. The van der Waals surface area contributed by atoms with E-state index < -0.39 is 6.04 Å². The summed E-state index contributed by atoms with van der Waals surface area (Å²) in [5.74, 6) is 1.03. The molecule has 0 saturated carbocycles. The van der Waals surface area contributed by atoms with E-state index in [9.17, 15) is 19.8 Å². The number of aromatic nitrogens is 3. The molecule has 3 aromatic carbocycles. The fraction of sp³-hybridized carbons (Fsp3) is 0.357. The van der Waals surface area contributed by atoms with Crippen LogP contribution in [0.15, 0.2) is 59.6 Å². The van der Waals surface area contributed by atoms with Crippen molar-refractivity contribution in [1.29, 1.82) is 0 Å². The van der Waals surface area contributed by atoms with Crippen LogP contribution in [0.4, 0.5) is 0 Å². The Morgan fingerprint density at radius 2 is 1.64 bits per heavy atom. The van der Waals surface area contributed by atoms with Crippen molar-refractivity contribution in [3.63, 3.8) is 0 Å². The molecule has 0 bridgehead atoms. The van der Waals surface area contributed by atoms with Gasteiger partial charge >= 0.3 is 0 Å². The van der Waals surface area contributed by atoms with E-state index in [1.807, 2.05) is 43.0 Å². The van der Waals surface area contributed by atoms with Crippen LogP contribution >= 0.6 is 22.9 Å². The van der Waals surface area contributed by atoms with Crippen molar-refractivity contribution < 1.29 is 19.8 Å². The maximum absolute atomic E-state index is 14.0. The summed E-state index contributed by atoms with van der Waals surface area (Å²) in [5, 5.41) is 31.4.